The molecule has 1 aromatic carbocycles. The molecule has 2 aromatic rings. The largest absolute Gasteiger partial charge is 0.370 e. The summed E-state index contributed by atoms with van der Waals surface area (Å²) in [5.41, 5.74) is 5.54. The van der Waals surface area contributed by atoms with Crippen molar-refractivity contribution in [2.45, 2.75) is 31.3 Å². The van der Waals surface area contributed by atoms with E-state index in [1.165, 1.54) is 11.1 Å². The molecule has 150 valence electrons. The minimum Gasteiger partial charge on any atom is -0.370 e. The summed E-state index contributed by atoms with van der Waals surface area (Å²) in [6.07, 6.45) is 3.70. The van der Waals surface area contributed by atoms with Crippen LogP contribution < -0.4 is 0 Å². The van der Waals surface area contributed by atoms with Crippen LogP contribution >= 0.6 is 11.3 Å². The highest BCUT2D eigenvalue weighted by atomic mass is 32.1. The Morgan fingerprint density at radius 3 is 2.82 bits per heavy atom. The lowest BCUT2D eigenvalue weighted by Gasteiger charge is -2.45. The molecule has 1 atom stereocenters. The standard InChI is InChI=1S/C22H29N3O2S/c1-24(2)21(26)18(13-19-15-28-16-23-19)14-25-10-8-22(9-11-25)20-6-4-3-5-17(20)7-12-27-22/h3-6,15-16,18H,7-14H2,1-2H3. The Balaban J connectivity index is 1.43. The number of aromatic nitrogens is 1. The third-order valence-corrected chi connectivity index (χ3v) is 6.76. The molecule has 6 heteroatoms. The third-order valence-electron chi connectivity index (χ3n) is 6.13. The van der Waals surface area contributed by atoms with Crippen LogP contribution in [0.2, 0.25) is 0 Å². The molecule has 1 spiro atoms. The number of benzene rings is 1. The average Bonchev–Trinajstić information content (AvgIpc) is 3.22. The summed E-state index contributed by atoms with van der Waals surface area (Å²) in [5, 5.41) is 2.05. The second-order valence-corrected chi connectivity index (χ2v) is 8.88. The second-order valence-electron chi connectivity index (χ2n) is 8.16. The maximum absolute atomic E-state index is 12.8. The molecule has 0 N–H and O–H groups in total. The minimum absolute atomic E-state index is 0.0503. The van der Waals surface area contributed by atoms with Gasteiger partial charge in [-0.3, -0.25) is 4.79 Å². The van der Waals surface area contributed by atoms with Gasteiger partial charge in [0.2, 0.25) is 5.91 Å². The van der Waals surface area contributed by atoms with Crippen LogP contribution in [0.3, 0.4) is 0 Å². The second kappa shape index (κ2) is 8.31. The lowest BCUT2D eigenvalue weighted by molar-refractivity contribution is -0.134. The van der Waals surface area contributed by atoms with E-state index in [-0.39, 0.29) is 17.4 Å². The number of hydrogen-bond acceptors (Lipinski definition) is 5. The molecule has 2 aliphatic heterocycles. The molecule has 3 heterocycles. The van der Waals surface area contributed by atoms with Gasteiger partial charge < -0.3 is 14.5 Å². The Hall–Kier alpha value is -1.76. The lowest BCUT2D eigenvalue weighted by atomic mass is 9.79. The molecule has 2 aliphatic rings. The first-order chi connectivity index (χ1) is 13.6. The smallest absolute Gasteiger partial charge is 0.226 e. The van der Waals surface area contributed by atoms with Gasteiger partial charge in [0.25, 0.3) is 0 Å². The highest BCUT2D eigenvalue weighted by Crippen LogP contribution is 2.41. The molecule has 4 rings (SSSR count). The molecular formula is C22H29N3O2S. The first-order valence-electron chi connectivity index (χ1n) is 10.1. The number of likely N-dealkylation sites (tertiary alicyclic amines) is 1. The molecule has 1 unspecified atom stereocenters. The van der Waals surface area contributed by atoms with Crippen molar-refractivity contribution in [3.63, 3.8) is 0 Å². The topological polar surface area (TPSA) is 45.7 Å². The number of rotatable bonds is 5. The Labute approximate surface area is 171 Å². The summed E-state index contributed by atoms with van der Waals surface area (Å²) in [6, 6.07) is 8.74. The molecule has 0 aliphatic carbocycles. The lowest BCUT2D eigenvalue weighted by Crippen LogP contribution is -2.49. The monoisotopic (exact) mass is 399 g/mol. The van der Waals surface area contributed by atoms with Crippen molar-refractivity contribution in [1.29, 1.82) is 0 Å². The molecular weight excluding hydrogens is 370 g/mol. The van der Waals surface area contributed by atoms with E-state index in [0.29, 0.717) is 6.42 Å². The van der Waals surface area contributed by atoms with Crippen LogP contribution in [0, 0.1) is 5.92 Å². The fraction of sp³-hybridized carbons (Fsp3) is 0.545. The van der Waals surface area contributed by atoms with Crippen molar-refractivity contribution < 1.29 is 9.53 Å². The molecule has 0 radical (unpaired) electrons. The number of carbonyl (C=O) groups excluding carboxylic acids is 1. The Kier molecular flexibility index (Phi) is 5.80. The van der Waals surface area contributed by atoms with E-state index >= 15 is 0 Å². The molecule has 5 nitrogen and oxygen atoms in total. The number of ether oxygens (including phenoxy) is 1. The molecule has 1 aromatic heterocycles. The van der Waals surface area contributed by atoms with Crippen molar-refractivity contribution in [2.75, 3.05) is 40.3 Å². The summed E-state index contributed by atoms with van der Waals surface area (Å²) in [7, 11) is 3.68. The van der Waals surface area contributed by atoms with E-state index in [2.05, 4.69) is 34.1 Å². The van der Waals surface area contributed by atoms with E-state index in [9.17, 15) is 4.79 Å². The van der Waals surface area contributed by atoms with Gasteiger partial charge in [0.15, 0.2) is 0 Å². The van der Waals surface area contributed by atoms with Crippen LogP contribution in [0.25, 0.3) is 0 Å². The van der Waals surface area contributed by atoms with Crippen molar-refractivity contribution in [3.8, 4) is 0 Å². The number of nitrogens with zero attached hydrogens (tertiary/aromatic N) is 3. The fourth-order valence-corrected chi connectivity index (χ4v) is 5.20. The van der Waals surface area contributed by atoms with Crippen molar-refractivity contribution in [1.82, 2.24) is 14.8 Å². The van der Waals surface area contributed by atoms with Gasteiger partial charge >= 0.3 is 0 Å². The van der Waals surface area contributed by atoms with Crippen LogP contribution in [-0.4, -0.2) is 61.0 Å². The molecule has 0 bridgehead atoms. The maximum atomic E-state index is 12.8. The van der Waals surface area contributed by atoms with E-state index in [1.807, 2.05) is 25.0 Å². The molecule has 0 saturated carbocycles. The maximum Gasteiger partial charge on any atom is 0.226 e. The summed E-state index contributed by atoms with van der Waals surface area (Å²) < 4.78 is 6.35. The van der Waals surface area contributed by atoms with Crippen LogP contribution in [0.15, 0.2) is 35.2 Å². The van der Waals surface area contributed by atoms with Crippen LogP contribution in [0.5, 0.6) is 0 Å². The normalized spacial score (nSPS) is 19.9. The zero-order valence-corrected chi connectivity index (χ0v) is 17.6. The first-order valence-corrected chi connectivity index (χ1v) is 11.0. The first kappa shape index (κ1) is 19.6. The summed E-state index contributed by atoms with van der Waals surface area (Å²) in [6.45, 7) is 3.51. The molecule has 1 amide bonds. The number of fused-ring (bicyclic) bond motifs is 2. The van der Waals surface area contributed by atoms with Gasteiger partial charge in [-0.15, -0.1) is 11.3 Å². The Morgan fingerprint density at radius 2 is 2.11 bits per heavy atom. The Bertz CT molecular complexity index is 798. The number of piperidine rings is 1. The fourth-order valence-electron chi connectivity index (χ4n) is 4.62. The van der Waals surface area contributed by atoms with Crippen LogP contribution in [-0.2, 0) is 28.0 Å². The number of hydrogen-bond donors (Lipinski definition) is 0. The van der Waals surface area contributed by atoms with Crippen molar-refractivity contribution in [3.05, 3.63) is 52.0 Å². The van der Waals surface area contributed by atoms with E-state index in [4.69, 9.17) is 4.74 Å². The summed E-state index contributed by atoms with van der Waals surface area (Å²) in [4.78, 5) is 21.3. The van der Waals surface area contributed by atoms with Gasteiger partial charge in [0, 0.05) is 45.5 Å². The SMILES string of the molecule is CN(C)C(=O)C(Cc1cscn1)CN1CCC2(CC1)OCCc1ccccc12. The number of carbonyl (C=O) groups is 1. The van der Waals surface area contributed by atoms with Crippen molar-refractivity contribution in [2.24, 2.45) is 5.92 Å². The van der Waals surface area contributed by atoms with Crippen molar-refractivity contribution >= 4 is 17.2 Å². The van der Waals surface area contributed by atoms with E-state index in [0.717, 1.165) is 51.2 Å². The predicted molar refractivity (Wildman–Crippen MR) is 111 cm³/mol. The number of thiazole rings is 1. The highest BCUT2D eigenvalue weighted by Gasteiger charge is 2.41. The van der Waals surface area contributed by atoms with Gasteiger partial charge in [0.1, 0.15) is 0 Å². The minimum atomic E-state index is -0.138. The molecule has 28 heavy (non-hydrogen) atoms. The molecule has 1 fully saturated rings. The highest BCUT2D eigenvalue weighted by molar-refractivity contribution is 7.07. The zero-order chi connectivity index (χ0) is 19.6. The summed E-state index contributed by atoms with van der Waals surface area (Å²) >= 11 is 1.59. The quantitative estimate of drug-likeness (QED) is 0.776. The van der Waals surface area contributed by atoms with E-state index < -0.39 is 0 Å². The zero-order valence-electron chi connectivity index (χ0n) is 16.8. The number of amides is 1. The predicted octanol–water partition coefficient (Wildman–Crippen LogP) is 2.95. The van der Waals surface area contributed by atoms with Gasteiger partial charge in [-0.2, -0.15) is 0 Å². The van der Waals surface area contributed by atoms with Gasteiger partial charge in [-0.1, -0.05) is 24.3 Å². The van der Waals surface area contributed by atoms with Gasteiger partial charge in [-0.05, 0) is 30.4 Å². The third kappa shape index (κ3) is 4.00. The Morgan fingerprint density at radius 1 is 1.32 bits per heavy atom. The van der Waals surface area contributed by atoms with Gasteiger partial charge in [-0.25, -0.2) is 4.98 Å². The summed E-state index contributed by atoms with van der Waals surface area (Å²) in [5.74, 6) is 0.137. The molecule has 1 saturated heterocycles. The van der Waals surface area contributed by atoms with E-state index in [1.54, 1.807) is 16.2 Å². The van der Waals surface area contributed by atoms with Crippen LogP contribution in [0.4, 0.5) is 0 Å². The van der Waals surface area contributed by atoms with Crippen LogP contribution in [0.1, 0.15) is 29.7 Å². The van der Waals surface area contributed by atoms with Gasteiger partial charge in [0.05, 0.1) is 29.3 Å². The average molecular weight is 400 g/mol.